The molecule has 0 saturated carbocycles. The van der Waals surface area contributed by atoms with Crippen LogP contribution in [0.15, 0.2) is 12.1 Å². The van der Waals surface area contributed by atoms with Crippen molar-refractivity contribution in [2.24, 2.45) is 0 Å². The van der Waals surface area contributed by atoms with Crippen LogP contribution in [0.5, 0.6) is 5.75 Å². The number of hydrogen-bond donors (Lipinski definition) is 1. The Labute approximate surface area is 134 Å². The van der Waals surface area contributed by atoms with Crippen molar-refractivity contribution < 1.29 is 4.74 Å². The summed E-state index contributed by atoms with van der Waals surface area (Å²) >= 11 is 0. The van der Waals surface area contributed by atoms with E-state index in [9.17, 15) is 0 Å². The van der Waals surface area contributed by atoms with E-state index >= 15 is 0 Å². The highest BCUT2D eigenvalue weighted by Crippen LogP contribution is 2.43. The number of ether oxygens (including phenoxy) is 1. The van der Waals surface area contributed by atoms with Gasteiger partial charge in [0.15, 0.2) is 0 Å². The molecule has 0 aliphatic carbocycles. The highest BCUT2D eigenvalue weighted by molar-refractivity contribution is 5.73. The van der Waals surface area contributed by atoms with E-state index in [2.05, 4.69) is 62.0 Å². The van der Waals surface area contributed by atoms with Crippen molar-refractivity contribution in [2.75, 3.05) is 44.0 Å². The van der Waals surface area contributed by atoms with Gasteiger partial charge in [-0.3, -0.25) is 4.90 Å². The lowest BCUT2D eigenvalue weighted by Crippen LogP contribution is -2.55. The first-order valence-corrected chi connectivity index (χ1v) is 8.27. The first-order valence-electron chi connectivity index (χ1n) is 8.27. The van der Waals surface area contributed by atoms with Crippen molar-refractivity contribution in [3.63, 3.8) is 0 Å². The van der Waals surface area contributed by atoms with Gasteiger partial charge in [0.1, 0.15) is 5.75 Å². The molecule has 1 aromatic carbocycles. The molecule has 1 fully saturated rings. The molecular formula is C18H29N3O. The van der Waals surface area contributed by atoms with E-state index < -0.39 is 0 Å². The minimum atomic E-state index is 0.170. The Bertz CT molecular complexity index is 558. The fourth-order valence-electron chi connectivity index (χ4n) is 3.70. The zero-order valence-electron chi connectivity index (χ0n) is 14.7. The van der Waals surface area contributed by atoms with Crippen LogP contribution in [0.4, 0.5) is 11.4 Å². The van der Waals surface area contributed by atoms with Crippen molar-refractivity contribution in [3.8, 4) is 5.75 Å². The summed E-state index contributed by atoms with van der Waals surface area (Å²) in [5, 5.41) is 3.56. The van der Waals surface area contributed by atoms with Gasteiger partial charge in [-0.1, -0.05) is 13.8 Å². The normalized spacial score (nSPS) is 27.5. The summed E-state index contributed by atoms with van der Waals surface area (Å²) in [4.78, 5) is 4.93. The molecule has 2 aliphatic rings. The van der Waals surface area contributed by atoms with Crippen LogP contribution >= 0.6 is 0 Å². The topological polar surface area (TPSA) is 27.7 Å². The van der Waals surface area contributed by atoms with Gasteiger partial charge >= 0.3 is 0 Å². The van der Waals surface area contributed by atoms with Crippen molar-refractivity contribution in [1.82, 2.24) is 4.90 Å². The molecule has 1 aromatic rings. The molecule has 122 valence electrons. The summed E-state index contributed by atoms with van der Waals surface area (Å²) in [5.41, 5.74) is 4.02. The Morgan fingerprint density at radius 1 is 1.18 bits per heavy atom. The predicted octanol–water partition coefficient (Wildman–Crippen LogP) is 2.93. The standard InChI is InChI=1S/C18H29N3O/c1-12-9-21(10-13(2)20(12)5)16-8-15-14(7-17(16)22-6)18(3,4)11-19-15/h7-8,12-13,19H,9-11H2,1-6H3/t12-,13+. The van der Waals surface area contributed by atoms with E-state index in [1.807, 2.05) is 0 Å². The van der Waals surface area contributed by atoms with E-state index in [-0.39, 0.29) is 5.41 Å². The molecule has 0 spiro atoms. The second-order valence-electron chi connectivity index (χ2n) is 7.58. The Kier molecular flexibility index (Phi) is 3.76. The average Bonchev–Trinajstić information content (AvgIpc) is 2.78. The van der Waals surface area contributed by atoms with E-state index in [4.69, 9.17) is 4.74 Å². The fourth-order valence-corrected chi connectivity index (χ4v) is 3.70. The quantitative estimate of drug-likeness (QED) is 0.909. The fraction of sp³-hybridized carbons (Fsp3) is 0.667. The molecule has 3 rings (SSSR count). The number of rotatable bonds is 2. The van der Waals surface area contributed by atoms with Gasteiger partial charge in [0.2, 0.25) is 0 Å². The summed E-state index contributed by atoms with van der Waals surface area (Å²) in [7, 11) is 4.00. The lowest BCUT2D eigenvalue weighted by Gasteiger charge is -2.44. The maximum Gasteiger partial charge on any atom is 0.142 e. The van der Waals surface area contributed by atoms with Crippen LogP contribution in [0.25, 0.3) is 0 Å². The summed E-state index contributed by atoms with van der Waals surface area (Å²) in [6.45, 7) is 12.2. The number of likely N-dealkylation sites (N-methyl/N-ethyl adjacent to an activating group) is 1. The lowest BCUT2D eigenvalue weighted by molar-refractivity contribution is 0.169. The number of hydrogen-bond acceptors (Lipinski definition) is 4. The third kappa shape index (κ3) is 2.43. The molecule has 4 heteroatoms. The van der Waals surface area contributed by atoms with Gasteiger partial charge < -0.3 is 15.0 Å². The Morgan fingerprint density at radius 2 is 1.82 bits per heavy atom. The highest BCUT2D eigenvalue weighted by Gasteiger charge is 2.33. The van der Waals surface area contributed by atoms with Crippen LogP contribution < -0.4 is 15.0 Å². The zero-order chi connectivity index (χ0) is 16.1. The first kappa shape index (κ1) is 15.5. The van der Waals surface area contributed by atoms with Crippen LogP contribution in [0.3, 0.4) is 0 Å². The first-order chi connectivity index (χ1) is 10.3. The van der Waals surface area contributed by atoms with Gasteiger partial charge in [0.05, 0.1) is 12.8 Å². The lowest BCUT2D eigenvalue weighted by atomic mass is 9.86. The summed E-state index contributed by atoms with van der Waals surface area (Å²) in [5.74, 6) is 1.000. The SMILES string of the molecule is COc1cc2c(cc1N1C[C@@H](C)N(C)[C@@H](C)C1)NCC2(C)C. The van der Waals surface area contributed by atoms with Gasteiger partial charge in [-0.25, -0.2) is 0 Å². The van der Waals surface area contributed by atoms with Crippen molar-refractivity contribution in [3.05, 3.63) is 17.7 Å². The number of piperazine rings is 1. The van der Waals surface area contributed by atoms with Gasteiger partial charge in [-0.05, 0) is 38.6 Å². The van der Waals surface area contributed by atoms with Crippen LogP contribution in [0.1, 0.15) is 33.3 Å². The molecule has 2 atom stereocenters. The molecule has 0 bridgehead atoms. The van der Waals surface area contributed by atoms with Gasteiger partial charge in [0, 0.05) is 42.8 Å². The molecular weight excluding hydrogens is 274 g/mol. The maximum atomic E-state index is 5.73. The number of anilines is 2. The minimum absolute atomic E-state index is 0.170. The van der Waals surface area contributed by atoms with Crippen molar-refractivity contribution in [2.45, 2.75) is 45.2 Å². The predicted molar refractivity (Wildman–Crippen MR) is 93.4 cm³/mol. The molecule has 22 heavy (non-hydrogen) atoms. The molecule has 4 nitrogen and oxygen atoms in total. The van der Waals surface area contributed by atoms with Gasteiger partial charge in [-0.2, -0.15) is 0 Å². The van der Waals surface area contributed by atoms with Crippen LogP contribution in [-0.2, 0) is 5.41 Å². The van der Waals surface area contributed by atoms with E-state index in [1.54, 1.807) is 7.11 Å². The van der Waals surface area contributed by atoms with Gasteiger partial charge in [0.25, 0.3) is 0 Å². The third-order valence-corrected chi connectivity index (χ3v) is 5.47. The van der Waals surface area contributed by atoms with Crippen molar-refractivity contribution in [1.29, 1.82) is 0 Å². The zero-order valence-corrected chi connectivity index (χ0v) is 14.7. The summed E-state index contributed by atoms with van der Waals surface area (Å²) in [6, 6.07) is 5.61. The molecule has 0 aromatic heterocycles. The monoisotopic (exact) mass is 303 g/mol. The summed E-state index contributed by atoms with van der Waals surface area (Å²) in [6.07, 6.45) is 0. The van der Waals surface area contributed by atoms with E-state index in [0.29, 0.717) is 12.1 Å². The maximum absolute atomic E-state index is 5.73. The van der Waals surface area contributed by atoms with Crippen molar-refractivity contribution >= 4 is 11.4 Å². The van der Waals surface area contributed by atoms with Crippen LogP contribution in [0, 0.1) is 0 Å². The Morgan fingerprint density at radius 3 is 2.41 bits per heavy atom. The number of fused-ring (bicyclic) bond motifs is 1. The molecule has 2 aliphatic heterocycles. The Hall–Kier alpha value is -1.42. The van der Waals surface area contributed by atoms with E-state index in [0.717, 1.165) is 25.4 Å². The highest BCUT2D eigenvalue weighted by atomic mass is 16.5. The van der Waals surface area contributed by atoms with Crippen LogP contribution in [0.2, 0.25) is 0 Å². The number of nitrogens with zero attached hydrogens (tertiary/aromatic N) is 2. The average molecular weight is 303 g/mol. The third-order valence-electron chi connectivity index (χ3n) is 5.47. The number of methoxy groups -OCH3 is 1. The molecule has 0 unspecified atom stereocenters. The minimum Gasteiger partial charge on any atom is -0.495 e. The molecule has 1 saturated heterocycles. The van der Waals surface area contributed by atoms with E-state index in [1.165, 1.54) is 16.9 Å². The molecule has 0 radical (unpaired) electrons. The number of benzene rings is 1. The Balaban J connectivity index is 1.98. The number of nitrogens with one attached hydrogen (secondary N) is 1. The second kappa shape index (κ2) is 5.34. The smallest absolute Gasteiger partial charge is 0.142 e. The summed E-state index contributed by atoms with van der Waals surface area (Å²) < 4.78 is 5.73. The molecule has 0 amide bonds. The van der Waals surface area contributed by atoms with Crippen LogP contribution in [-0.4, -0.2) is 50.8 Å². The largest absolute Gasteiger partial charge is 0.495 e. The second-order valence-corrected chi connectivity index (χ2v) is 7.58. The molecule has 2 heterocycles. The molecule has 1 N–H and O–H groups in total. The van der Waals surface area contributed by atoms with Gasteiger partial charge in [-0.15, -0.1) is 0 Å².